The Morgan fingerprint density at radius 2 is 1.86 bits per heavy atom. The maximum absolute atomic E-state index is 12.3. The Hall–Kier alpha value is -3.09. The lowest BCUT2D eigenvalue weighted by Gasteiger charge is -2.13. The fourth-order valence-electron chi connectivity index (χ4n) is 2.60. The number of amides is 2. The highest BCUT2D eigenvalue weighted by molar-refractivity contribution is 6.42. The number of carbonyl (C=O) groups excluding carboxylic acids is 2. The summed E-state index contributed by atoms with van der Waals surface area (Å²) >= 11 is 11.9. The second-order valence-electron chi connectivity index (χ2n) is 6.08. The van der Waals surface area contributed by atoms with E-state index in [2.05, 4.69) is 15.6 Å². The predicted molar refractivity (Wildman–Crippen MR) is 114 cm³/mol. The van der Waals surface area contributed by atoms with E-state index in [9.17, 15) is 9.59 Å². The van der Waals surface area contributed by atoms with Crippen LogP contribution in [0.25, 0.3) is 0 Å². The first-order chi connectivity index (χ1) is 14.0. The third kappa shape index (κ3) is 5.47. The van der Waals surface area contributed by atoms with Gasteiger partial charge in [-0.2, -0.15) is 0 Å². The fourth-order valence-corrected chi connectivity index (χ4v) is 2.92. The predicted octanol–water partition coefficient (Wildman–Crippen LogP) is 4.83. The maximum Gasteiger partial charge on any atom is 0.257 e. The van der Waals surface area contributed by atoms with Gasteiger partial charge in [-0.3, -0.25) is 14.6 Å². The van der Waals surface area contributed by atoms with Crippen molar-refractivity contribution in [1.29, 1.82) is 0 Å². The summed E-state index contributed by atoms with van der Waals surface area (Å²) in [5, 5.41) is 6.39. The van der Waals surface area contributed by atoms with Crippen LogP contribution in [0.1, 0.15) is 15.9 Å². The molecule has 0 spiro atoms. The van der Waals surface area contributed by atoms with Gasteiger partial charge in [0.15, 0.2) is 0 Å². The van der Waals surface area contributed by atoms with Gasteiger partial charge in [0.05, 0.1) is 34.8 Å². The highest BCUT2D eigenvalue weighted by Crippen LogP contribution is 2.29. The van der Waals surface area contributed by atoms with Crippen molar-refractivity contribution >= 4 is 46.4 Å². The van der Waals surface area contributed by atoms with Crippen LogP contribution in [0.3, 0.4) is 0 Å². The molecule has 0 atom stereocenters. The molecule has 0 fully saturated rings. The van der Waals surface area contributed by atoms with E-state index in [1.807, 2.05) is 0 Å². The summed E-state index contributed by atoms with van der Waals surface area (Å²) in [4.78, 5) is 28.5. The summed E-state index contributed by atoms with van der Waals surface area (Å²) in [5.41, 5.74) is 2.17. The zero-order chi connectivity index (χ0) is 20.8. The zero-order valence-corrected chi connectivity index (χ0v) is 16.9. The molecular formula is C21H17Cl2N3O3. The lowest BCUT2D eigenvalue weighted by atomic mass is 10.1. The van der Waals surface area contributed by atoms with Gasteiger partial charge in [-0.25, -0.2) is 0 Å². The van der Waals surface area contributed by atoms with Gasteiger partial charge in [-0.15, -0.1) is 0 Å². The standard InChI is InChI=1S/C21H17Cl2N3O3/c1-29-19-11-15(25-20(27)10-13-4-6-16(22)17(23)9-13)5-7-18(19)26-21(28)14-3-2-8-24-12-14/h2-9,11-12H,10H2,1H3,(H,25,27)(H,26,28). The Labute approximate surface area is 177 Å². The summed E-state index contributed by atoms with van der Waals surface area (Å²) < 4.78 is 5.34. The van der Waals surface area contributed by atoms with Crippen molar-refractivity contribution in [1.82, 2.24) is 4.98 Å². The average Bonchev–Trinajstić information content (AvgIpc) is 2.72. The Kier molecular flexibility index (Phi) is 6.69. The minimum absolute atomic E-state index is 0.138. The molecule has 6 nitrogen and oxygen atoms in total. The Balaban J connectivity index is 1.68. The number of nitrogens with zero attached hydrogens (tertiary/aromatic N) is 1. The molecule has 0 aliphatic carbocycles. The van der Waals surface area contributed by atoms with Crippen molar-refractivity contribution in [2.24, 2.45) is 0 Å². The molecule has 0 aliphatic heterocycles. The molecule has 0 aliphatic rings. The molecule has 1 aromatic heterocycles. The van der Waals surface area contributed by atoms with Crippen molar-refractivity contribution < 1.29 is 14.3 Å². The van der Waals surface area contributed by atoms with E-state index in [1.54, 1.807) is 54.7 Å². The number of hydrogen-bond donors (Lipinski definition) is 2. The van der Waals surface area contributed by atoms with Gasteiger partial charge in [0.25, 0.3) is 5.91 Å². The Bertz CT molecular complexity index is 1040. The number of anilines is 2. The molecule has 0 radical (unpaired) electrons. The minimum Gasteiger partial charge on any atom is -0.494 e. The Morgan fingerprint density at radius 3 is 2.55 bits per heavy atom. The van der Waals surface area contributed by atoms with Crippen molar-refractivity contribution in [3.63, 3.8) is 0 Å². The van der Waals surface area contributed by atoms with E-state index in [-0.39, 0.29) is 18.2 Å². The normalized spacial score (nSPS) is 10.3. The molecule has 148 valence electrons. The molecule has 29 heavy (non-hydrogen) atoms. The third-order valence-electron chi connectivity index (χ3n) is 4.01. The fraction of sp³-hybridized carbons (Fsp3) is 0.0952. The van der Waals surface area contributed by atoms with Crippen LogP contribution in [-0.2, 0) is 11.2 Å². The number of benzene rings is 2. The maximum atomic E-state index is 12.3. The first kappa shape index (κ1) is 20.6. The number of carbonyl (C=O) groups is 2. The van der Waals surface area contributed by atoms with E-state index >= 15 is 0 Å². The minimum atomic E-state index is -0.312. The third-order valence-corrected chi connectivity index (χ3v) is 4.74. The highest BCUT2D eigenvalue weighted by Gasteiger charge is 2.12. The molecule has 0 saturated heterocycles. The summed E-state index contributed by atoms with van der Waals surface area (Å²) in [6, 6.07) is 13.3. The molecule has 0 unspecified atom stereocenters. The van der Waals surface area contributed by atoms with Gasteiger partial charge >= 0.3 is 0 Å². The lowest BCUT2D eigenvalue weighted by Crippen LogP contribution is -2.15. The number of hydrogen-bond acceptors (Lipinski definition) is 4. The van der Waals surface area contributed by atoms with Crippen LogP contribution >= 0.6 is 23.2 Å². The van der Waals surface area contributed by atoms with Crippen molar-refractivity contribution in [2.75, 3.05) is 17.7 Å². The number of methoxy groups -OCH3 is 1. The number of pyridine rings is 1. The van der Waals surface area contributed by atoms with Crippen molar-refractivity contribution in [3.8, 4) is 5.75 Å². The molecule has 2 N–H and O–H groups in total. The summed E-state index contributed by atoms with van der Waals surface area (Å²) in [6.45, 7) is 0. The second kappa shape index (κ2) is 9.41. The summed E-state index contributed by atoms with van der Waals surface area (Å²) in [6.07, 6.45) is 3.20. The zero-order valence-electron chi connectivity index (χ0n) is 15.4. The molecule has 8 heteroatoms. The number of nitrogens with one attached hydrogen (secondary N) is 2. The van der Waals surface area contributed by atoms with Gasteiger partial charge in [0, 0.05) is 24.1 Å². The highest BCUT2D eigenvalue weighted by atomic mass is 35.5. The SMILES string of the molecule is COc1cc(NC(=O)Cc2ccc(Cl)c(Cl)c2)ccc1NC(=O)c1cccnc1. The Morgan fingerprint density at radius 1 is 1.03 bits per heavy atom. The molecule has 0 bridgehead atoms. The van der Waals surface area contributed by atoms with Crippen LogP contribution in [0.15, 0.2) is 60.9 Å². The van der Waals surface area contributed by atoms with Crippen LogP contribution < -0.4 is 15.4 Å². The van der Waals surface area contributed by atoms with Gasteiger partial charge < -0.3 is 15.4 Å². The molecule has 2 amide bonds. The van der Waals surface area contributed by atoms with Gasteiger partial charge in [-0.05, 0) is 42.0 Å². The van der Waals surface area contributed by atoms with Crippen LogP contribution in [-0.4, -0.2) is 23.9 Å². The van der Waals surface area contributed by atoms with Crippen molar-refractivity contribution in [3.05, 3.63) is 82.1 Å². The molecule has 1 heterocycles. The number of rotatable bonds is 6. The quantitative estimate of drug-likeness (QED) is 0.587. The number of ether oxygens (including phenoxy) is 1. The number of halogens is 2. The van der Waals surface area contributed by atoms with E-state index in [0.717, 1.165) is 5.56 Å². The largest absolute Gasteiger partial charge is 0.494 e. The molecule has 2 aromatic carbocycles. The molecule has 0 saturated carbocycles. The van der Waals surface area contributed by atoms with Crippen molar-refractivity contribution in [2.45, 2.75) is 6.42 Å². The van der Waals surface area contributed by atoms with E-state index in [0.29, 0.717) is 32.7 Å². The number of aromatic nitrogens is 1. The summed E-state index contributed by atoms with van der Waals surface area (Å²) in [7, 11) is 1.48. The first-order valence-electron chi connectivity index (χ1n) is 8.59. The molecule has 3 aromatic rings. The average molecular weight is 430 g/mol. The molecular weight excluding hydrogens is 413 g/mol. The van der Waals surface area contributed by atoms with Crippen LogP contribution in [0.4, 0.5) is 11.4 Å². The van der Waals surface area contributed by atoms with Crippen LogP contribution in [0, 0.1) is 0 Å². The smallest absolute Gasteiger partial charge is 0.257 e. The van der Waals surface area contributed by atoms with Crippen LogP contribution in [0.5, 0.6) is 5.75 Å². The van der Waals surface area contributed by atoms with Gasteiger partial charge in [0.2, 0.25) is 5.91 Å². The lowest BCUT2D eigenvalue weighted by molar-refractivity contribution is -0.115. The van der Waals surface area contributed by atoms with E-state index < -0.39 is 0 Å². The second-order valence-corrected chi connectivity index (χ2v) is 6.90. The van der Waals surface area contributed by atoms with Gasteiger partial charge in [0.1, 0.15) is 5.75 Å². The molecule has 3 rings (SSSR count). The van der Waals surface area contributed by atoms with Crippen LogP contribution in [0.2, 0.25) is 10.0 Å². The van der Waals surface area contributed by atoms with E-state index in [1.165, 1.54) is 13.3 Å². The topological polar surface area (TPSA) is 80.3 Å². The van der Waals surface area contributed by atoms with E-state index in [4.69, 9.17) is 27.9 Å². The first-order valence-corrected chi connectivity index (χ1v) is 9.35. The van der Waals surface area contributed by atoms with Gasteiger partial charge in [-0.1, -0.05) is 29.3 Å². The monoisotopic (exact) mass is 429 g/mol. The summed E-state index contributed by atoms with van der Waals surface area (Å²) in [5.74, 6) is -0.125.